The highest BCUT2D eigenvalue weighted by Crippen LogP contribution is 2.09. The Balaban J connectivity index is 1.75. The molecule has 1 amide bonds. The van der Waals surface area contributed by atoms with Crippen molar-refractivity contribution >= 4 is 5.91 Å². The van der Waals surface area contributed by atoms with E-state index < -0.39 is 17.3 Å². The summed E-state index contributed by atoms with van der Waals surface area (Å²) in [7, 11) is 0. The van der Waals surface area contributed by atoms with Gasteiger partial charge in [0.2, 0.25) is 5.88 Å². The van der Waals surface area contributed by atoms with Crippen molar-refractivity contribution in [3.63, 3.8) is 0 Å². The van der Waals surface area contributed by atoms with E-state index in [9.17, 15) is 14.0 Å². The van der Waals surface area contributed by atoms with Gasteiger partial charge in [-0.1, -0.05) is 0 Å². The molecule has 2 heterocycles. The molecule has 1 aromatic carbocycles. The molecule has 27 heavy (non-hydrogen) atoms. The lowest BCUT2D eigenvalue weighted by atomic mass is 10.2. The molecule has 0 saturated carbocycles. The van der Waals surface area contributed by atoms with E-state index in [4.69, 9.17) is 4.74 Å². The molecule has 0 saturated heterocycles. The maximum atomic E-state index is 13.1. The summed E-state index contributed by atoms with van der Waals surface area (Å²) in [5.41, 5.74) is 0.826. The first kappa shape index (κ1) is 18.2. The topological polar surface area (TPSA) is 86.1 Å². The number of hydrogen-bond acceptors (Lipinski definition) is 5. The molecule has 3 rings (SSSR count). The van der Waals surface area contributed by atoms with Crippen LogP contribution in [0.5, 0.6) is 5.88 Å². The molecule has 7 nitrogen and oxygen atoms in total. The van der Waals surface area contributed by atoms with E-state index in [2.05, 4.69) is 15.4 Å². The fourth-order valence-electron chi connectivity index (χ4n) is 2.36. The van der Waals surface area contributed by atoms with Gasteiger partial charge in [0.1, 0.15) is 11.5 Å². The zero-order chi connectivity index (χ0) is 19.2. The van der Waals surface area contributed by atoms with Gasteiger partial charge in [-0.3, -0.25) is 9.59 Å². The predicted molar refractivity (Wildman–Crippen MR) is 96.4 cm³/mol. The van der Waals surface area contributed by atoms with Gasteiger partial charge in [-0.25, -0.2) is 9.37 Å². The number of nitrogens with one attached hydrogen (secondary N) is 1. The summed E-state index contributed by atoms with van der Waals surface area (Å²) >= 11 is 0. The highest BCUT2D eigenvalue weighted by atomic mass is 19.1. The van der Waals surface area contributed by atoms with Crippen LogP contribution in [0.2, 0.25) is 0 Å². The fraction of sp³-hybridized carbons (Fsp3) is 0.158. The standard InChI is InChI=1S/C19H17FN4O3/c1-2-27-17-11-13(9-10-21-17)12-22-19(26)16-7-8-18(25)24(23-16)15-5-3-14(20)4-6-15/h3-11H,2,12H2,1H3,(H,22,26). The molecule has 8 heteroatoms. The van der Waals surface area contributed by atoms with E-state index in [0.717, 1.165) is 10.2 Å². The van der Waals surface area contributed by atoms with E-state index in [1.54, 1.807) is 18.3 Å². The minimum absolute atomic E-state index is 0.0676. The Morgan fingerprint density at radius 2 is 1.96 bits per heavy atom. The molecule has 0 atom stereocenters. The van der Waals surface area contributed by atoms with Crippen LogP contribution >= 0.6 is 0 Å². The van der Waals surface area contributed by atoms with Gasteiger partial charge in [0.05, 0.1) is 12.3 Å². The van der Waals surface area contributed by atoms with Crippen LogP contribution in [-0.4, -0.2) is 27.3 Å². The molecule has 3 aromatic rings. The van der Waals surface area contributed by atoms with Crippen LogP contribution in [0.1, 0.15) is 23.0 Å². The number of hydrogen-bond donors (Lipinski definition) is 1. The number of carbonyl (C=O) groups excluding carboxylic acids is 1. The molecular formula is C19H17FN4O3. The number of nitrogens with zero attached hydrogens (tertiary/aromatic N) is 3. The van der Waals surface area contributed by atoms with Crippen molar-refractivity contribution in [3.8, 4) is 11.6 Å². The van der Waals surface area contributed by atoms with Crippen LogP contribution in [0.15, 0.2) is 59.5 Å². The van der Waals surface area contributed by atoms with Crippen LogP contribution in [-0.2, 0) is 6.54 Å². The van der Waals surface area contributed by atoms with E-state index >= 15 is 0 Å². The zero-order valence-corrected chi connectivity index (χ0v) is 14.6. The van der Waals surface area contributed by atoms with Crippen molar-refractivity contribution in [3.05, 3.63) is 82.2 Å². The lowest BCUT2D eigenvalue weighted by molar-refractivity contribution is 0.0944. The second kappa shape index (κ2) is 8.22. The quantitative estimate of drug-likeness (QED) is 0.720. The van der Waals surface area contributed by atoms with Crippen LogP contribution in [0.3, 0.4) is 0 Å². The molecule has 0 unspecified atom stereocenters. The summed E-state index contributed by atoms with van der Waals surface area (Å²) in [5.74, 6) is -0.391. The molecule has 0 aliphatic carbocycles. The summed E-state index contributed by atoms with van der Waals surface area (Å²) in [5, 5.41) is 6.80. The Morgan fingerprint density at radius 3 is 2.70 bits per heavy atom. The third kappa shape index (κ3) is 4.55. The van der Waals surface area contributed by atoms with Crippen LogP contribution in [0.25, 0.3) is 5.69 Å². The zero-order valence-electron chi connectivity index (χ0n) is 14.6. The number of aromatic nitrogens is 3. The largest absolute Gasteiger partial charge is 0.478 e. The fourth-order valence-corrected chi connectivity index (χ4v) is 2.36. The van der Waals surface area contributed by atoms with Gasteiger partial charge in [-0.2, -0.15) is 9.78 Å². The molecule has 0 fully saturated rings. The van der Waals surface area contributed by atoms with E-state index in [1.165, 1.54) is 36.4 Å². The monoisotopic (exact) mass is 368 g/mol. The Hall–Kier alpha value is -3.55. The predicted octanol–water partition coefficient (Wildman–Crippen LogP) is 2.10. The average Bonchev–Trinajstić information content (AvgIpc) is 2.68. The Morgan fingerprint density at radius 1 is 1.19 bits per heavy atom. The third-order valence-electron chi connectivity index (χ3n) is 3.65. The highest BCUT2D eigenvalue weighted by molar-refractivity contribution is 5.92. The van der Waals surface area contributed by atoms with Crippen molar-refractivity contribution < 1.29 is 13.9 Å². The number of carbonyl (C=O) groups is 1. The van der Waals surface area contributed by atoms with Crippen molar-refractivity contribution in [2.75, 3.05) is 6.61 Å². The lowest BCUT2D eigenvalue weighted by Crippen LogP contribution is -2.28. The smallest absolute Gasteiger partial charge is 0.272 e. The maximum Gasteiger partial charge on any atom is 0.272 e. The summed E-state index contributed by atoms with van der Waals surface area (Å²) < 4.78 is 19.4. The normalized spacial score (nSPS) is 10.4. The molecule has 0 aliphatic heterocycles. The van der Waals surface area contributed by atoms with Crippen molar-refractivity contribution in [2.24, 2.45) is 0 Å². The Bertz CT molecular complexity index is 1000. The summed E-state index contributed by atoms with van der Waals surface area (Å²) in [6, 6.07) is 11.3. The minimum Gasteiger partial charge on any atom is -0.478 e. The van der Waals surface area contributed by atoms with Crippen molar-refractivity contribution in [1.82, 2.24) is 20.1 Å². The maximum absolute atomic E-state index is 13.1. The SMILES string of the molecule is CCOc1cc(CNC(=O)c2ccc(=O)n(-c3ccc(F)cc3)n2)ccn1. The van der Waals surface area contributed by atoms with Gasteiger partial charge in [-0.15, -0.1) is 0 Å². The van der Waals surface area contributed by atoms with Gasteiger partial charge in [0.25, 0.3) is 11.5 Å². The molecule has 138 valence electrons. The number of benzene rings is 1. The molecule has 2 aromatic heterocycles. The molecular weight excluding hydrogens is 351 g/mol. The lowest BCUT2D eigenvalue weighted by Gasteiger charge is -2.09. The number of rotatable bonds is 6. The van der Waals surface area contributed by atoms with Crippen LogP contribution < -0.4 is 15.6 Å². The summed E-state index contributed by atoms with van der Waals surface area (Å²) in [6.07, 6.45) is 1.60. The first-order valence-corrected chi connectivity index (χ1v) is 8.29. The van der Waals surface area contributed by atoms with Crippen LogP contribution in [0, 0.1) is 5.82 Å². The van der Waals surface area contributed by atoms with E-state index in [0.29, 0.717) is 18.2 Å². The number of halogens is 1. The van der Waals surface area contributed by atoms with Gasteiger partial charge in [0, 0.05) is 24.9 Å². The molecule has 0 spiro atoms. The van der Waals surface area contributed by atoms with Gasteiger partial charge < -0.3 is 10.1 Å². The number of ether oxygens (including phenoxy) is 1. The molecule has 1 N–H and O–H groups in total. The van der Waals surface area contributed by atoms with Crippen LogP contribution in [0.4, 0.5) is 4.39 Å². The third-order valence-corrected chi connectivity index (χ3v) is 3.65. The molecule has 0 radical (unpaired) electrons. The van der Waals surface area contributed by atoms with Gasteiger partial charge >= 0.3 is 0 Å². The molecule has 0 bridgehead atoms. The average molecular weight is 368 g/mol. The van der Waals surface area contributed by atoms with Gasteiger partial charge in [0.15, 0.2) is 0 Å². The second-order valence-corrected chi connectivity index (χ2v) is 5.56. The Kier molecular flexibility index (Phi) is 5.55. The molecule has 0 aliphatic rings. The second-order valence-electron chi connectivity index (χ2n) is 5.56. The first-order chi connectivity index (χ1) is 13.1. The van der Waals surface area contributed by atoms with Crippen molar-refractivity contribution in [1.29, 1.82) is 0 Å². The highest BCUT2D eigenvalue weighted by Gasteiger charge is 2.11. The minimum atomic E-state index is -0.444. The first-order valence-electron chi connectivity index (χ1n) is 8.29. The summed E-state index contributed by atoms with van der Waals surface area (Å²) in [4.78, 5) is 28.5. The van der Waals surface area contributed by atoms with Gasteiger partial charge in [-0.05, 0) is 48.9 Å². The summed E-state index contributed by atoms with van der Waals surface area (Å²) in [6.45, 7) is 2.61. The number of pyridine rings is 1. The van der Waals surface area contributed by atoms with E-state index in [-0.39, 0.29) is 12.2 Å². The van der Waals surface area contributed by atoms with Crippen molar-refractivity contribution in [2.45, 2.75) is 13.5 Å². The Labute approximate surface area is 154 Å². The number of amides is 1. The van der Waals surface area contributed by atoms with E-state index in [1.807, 2.05) is 6.92 Å².